The number of rotatable bonds is 15. The van der Waals surface area contributed by atoms with E-state index in [-0.39, 0.29) is 0 Å². The van der Waals surface area contributed by atoms with Crippen LogP contribution in [0.2, 0.25) is 0 Å². The van der Waals surface area contributed by atoms with Crippen LogP contribution in [0.15, 0.2) is 497 Å². The summed E-state index contributed by atoms with van der Waals surface area (Å²) in [7, 11) is 0. The minimum Gasteiger partial charge on any atom is -0.310 e. The maximum Gasteiger partial charge on any atom is 0.0755 e. The van der Waals surface area contributed by atoms with Crippen molar-refractivity contribution in [1.29, 1.82) is 0 Å². The molecule has 20 aromatic rings. The average molecular weight is 1600 g/mol. The van der Waals surface area contributed by atoms with Crippen LogP contribution in [0.25, 0.3) is 100 Å². The van der Waals surface area contributed by atoms with Gasteiger partial charge in [-0.15, -0.1) is 0 Å². The first-order chi connectivity index (χ1) is 62.5. The van der Waals surface area contributed by atoms with Gasteiger partial charge in [-0.1, -0.05) is 382 Å². The minimum atomic E-state index is -0.695. The number of anilines is 12. The SMILES string of the molecule is c1ccc(-c2ccc(-c3ccccc3N(c3ccc(-c4ccccc4)cc3)c3cccc4c3-c3ccccc3C43c4ccccc4N(c4ccc(-c5cccc(-c6ccc(N(c7ccc8c(c7)-c7ccccc7C87c8ccccc8N(c8ccccc8)c8ccccc87)c7ccc(-c8ccccc8)cc7-c7ccccc7)cc6)c5)cc4)c4ccccc43)cc2)cc1. The number of fused-ring (bicyclic) bond motifs is 18. The Kier molecular flexibility index (Phi) is 17.7. The molecular weight excluding hydrogens is 1520 g/mol. The molecule has 2 heterocycles. The highest BCUT2D eigenvalue weighted by molar-refractivity contribution is 6.05. The molecule has 4 nitrogen and oxygen atoms in total. The molecule has 2 aliphatic carbocycles. The molecule has 4 aliphatic rings. The summed E-state index contributed by atoms with van der Waals surface area (Å²) in [5.41, 5.74) is 43.1. The third-order valence-corrected chi connectivity index (χ3v) is 26.7. The number of benzene rings is 20. The van der Waals surface area contributed by atoms with Crippen LogP contribution in [0.5, 0.6) is 0 Å². The zero-order chi connectivity index (χ0) is 83.2. The van der Waals surface area contributed by atoms with Gasteiger partial charge in [0.25, 0.3) is 0 Å². The fraction of sp³-hybridized carbons (Fsp3) is 0.0164. The van der Waals surface area contributed by atoms with Crippen molar-refractivity contribution < 1.29 is 0 Å². The molecule has 0 bridgehead atoms. The van der Waals surface area contributed by atoms with E-state index < -0.39 is 10.8 Å². The molecule has 24 rings (SSSR count). The maximum absolute atomic E-state index is 2.52. The third kappa shape index (κ3) is 11.7. The summed E-state index contributed by atoms with van der Waals surface area (Å²) in [5.74, 6) is 0. The minimum absolute atomic E-state index is 0.601. The van der Waals surface area contributed by atoms with Crippen LogP contribution in [0, 0.1) is 0 Å². The van der Waals surface area contributed by atoms with Crippen molar-refractivity contribution in [3.8, 4) is 100 Å². The van der Waals surface area contributed by atoms with Crippen LogP contribution in [-0.4, -0.2) is 0 Å². The van der Waals surface area contributed by atoms with Gasteiger partial charge in [-0.05, 0) is 243 Å². The molecule has 0 fully saturated rings. The van der Waals surface area contributed by atoms with Crippen LogP contribution < -0.4 is 19.6 Å². The highest BCUT2D eigenvalue weighted by atomic mass is 15.2. The number of nitrogens with zero attached hydrogens (tertiary/aromatic N) is 4. The predicted octanol–water partition coefficient (Wildman–Crippen LogP) is 32.6. The molecule has 0 amide bonds. The molecule has 0 radical (unpaired) electrons. The molecule has 2 spiro atoms. The second kappa shape index (κ2) is 30.3. The van der Waals surface area contributed by atoms with E-state index in [1.807, 2.05) is 0 Å². The molecule has 590 valence electrons. The van der Waals surface area contributed by atoms with Gasteiger partial charge in [-0.3, -0.25) is 0 Å². The lowest BCUT2D eigenvalue weighted by Gasteiger charge is -2.45. The Bertz CT molecular complexity index is 7460. The Hall–Kier alpha value is -16.4. The van der Waals surface area contributed by atoms with E-state index in [4.69, 9.17) is 0 Å². The lowest BCUT2D eigenvalue weighted by atomic mass is 9.64. The van der Waals surface area contributed by atoms with Crippen molar-refractivity contribution in [3.63, 3.8) is 0 Å². The molecule has 0 atom stereocenters. The van der Waals surface area contributed by atoms with Gasteiger partial charge < -0.3 is 19.6 Å². The number of hydrogen-bond acceptors (Lipinski definition) is 4. The van der Waals surface area contributed by atoms with Crippen LogP contribution in [0.3, 0.4) is 0 Å². The van der Waals surface area contributed by atoms with Gasteiger partial charge in [0.1, 0.15) is 0 Å². The van der Waals surface area contributed by atoms with Crippen LogP contribution >= 0.6 is 0 Å². The van der Waals surface area contributed by atoms with E-state index in [9.17, 15) is 0 Å². The molecule has 20 aromatic carbocycles. The van der Waals surface area contributed by atoms with Gasteiger partial charge in [0, 0.05) is 45.1 Å². The topological polar surface area (TPSA) is 13.0 Å². The van der Waals surface area contributed by atoms with Gasteiger partial charge >= 0.3 is 0 Å². The molecule has 0 unspecified atom stereocenters. The maximum atomic E-state index is 2.52. The molecule has 0 saturated carbocycles. The zero-order valence-corrected chi connectivity index (χ0v) is 69.1. The number of para-hydroxylation sites is 6. The highest BCUT2D eigenvalue weighted by Crippen LogP contribution is 2.68. The van der Waals surface area contributed by atoms with Crippen LogP contribution in [0.1, 0.15) is 44.5 Å². The second-order valence-corrected chi connectivity index (χ2v) is 33.3. The molecule has 0 saturated heterocycles. The first-order valence-corrected chi connectivity index (χ1v) is 43.6. The van der Waals surface area contributed by atoms with Gasteiger partial charge in [-0.2, -0.15) is 0 Å². The lowest BCUT2D eigenvalue weighted by molar-refractivity contribution is 0.752. The van der Waals surface area contributed by atoms with E-state index in [2.05, 4.69) is 517 Å². The monoisotopic (exact) mass is 1600 g/mol. The van der Waals surface area contributed by atoms with Gasteiger partial charge in [-0.25, -0.2) is 0 Å². The summed E-state index contributed by atoms with van der Waals surface area (Å²) in [4.78, 5) is 9.96. The van der Waals surface area contributed by atoms with Crippen LogP contribution in [-0.2, 0) is 10.8 Å². The summed E-state index contributed by atoms with van der Waals surface area (Å²) in [6.07, 6.45) is 0. The number of hydrogen-bond donors (Lipinski definition) is 0. The van der Waals surface area contributed by atoms with Gasteiger partial charge in [0.05, 0.1) is 50.6 Å². The molecule has 126 heavy (non-hydrogen) atoms. The Balaban J connectivity index is 0.592. The first-order valence-electron chi connectivity index (χ1n) is 43.6. The Labute approximate surface area is 735 Å². The first kappa shape index (κ1) is 73.5. The Morgan fingerprint density at radius 3 is 1.00 bits per heavy atom. The fourth-order valence-electron chi connectivity index (χ4n) is 21.2. The van der Waals surface area contributed by atoms with Crippen molar-refractivity contribution >= 4 is 68.2 Å². The Morgan fingerprint density at radius 2 is 0.460 bits per heavy atom. The summed E-state index contributed by atoms with van der Waals surface area (Å²) in [5, 5.41) is 0. The van der Waals surface area contributed by atoms with Crippen molar-refractivity contribution in [3.05, 3.63) is 542 Å². The average Bonchev–Trinajstić information content (AvgIpc) is 1.49. The van der Waals surface area contributed by atoms with E-state index >= 15 is 0 Å². The molecule has 2 aliphatic heterocycles. The molecular formula is C122H82N4. The molecule has 4 heteroatoms. The highest BCUT2D eigenvalue weighted by Gasteiger charge is 2.54. The Morgan fingerprint density at radius 1 is 0.151 bits per heavy atom. The fourth-order valence-corrected chi connectivity index (χ4v) is 21.2. The van der Waals surface area contributed by atoms with E-state index in [0.717, 1.165) is 107 Å². The van der Waals surface area contributed by atoms with E-state index in [1.165, 1.54) is 106 Å². The van der Waals surface area contributed by atoms with E-state index in [1.54, 1.807) is 0 Å². The zero-order valence-electron chi connectivity index (χ0n) is 69.1. The summed E-state index contributed by atoms with van der Waals surface area (Å²) in [6.45, 7) is 0. The normalized spacial score (nSPS) is 13.0. The van der Waals surface area contributed by atoms with E-state index in [0.29, 0.717) is 0 Å². The third-order valence-electron chi connectivity index (χ3n) is 26.7. The van der Waals surface area contributed by atoms with Gasteiger partial charge in [0.2, 0.25) is 0 Å². The smallest absolute Gasteiger partial charge is 0.0755 e. The predicted molar refractivity (Wildman–Crippen MR) is 525 cm³/mol. The van der Waals surface area contributed by atoms with Crippen molar-refractivity contribution in [2.24, 2.45) is 0 Å². The summed E-state index contributed by atoms with van der Waals surface area (Å²) >= 11 is 0. The lowest BCUT2D eigenvalue weighted by Crippen LogP contribution is -2.36. The quantitative estimate of drug-likeness (QED) is 0.101. The largest absolute Gasteiger partial charge is 0.310 e. The summed E-state index contributed by atoms with van der Waals surface area (Å²) < 4.78 is 0. The second-order valence-electron chi connectivity index (χ2n) is 33.3. The summed E-state index contributed by atoms with van der Waals surface area (Å²) in [6, 6.07) is 185. The van der Waals surface area contributed by atoms with Crippen LogP contribution in [0.4, 0.5) is 68.2 Å². The standard InChI is InChI=1S/C122H82N4/c1-6-32-83(33-7-1)86-60-62-91(63-61-86)100-44-18-25-54-113(100)124(97-73-64-87(65-74-97)84-34-8-2-9-35-84)119-59-31-53-112-120(119)102-46-17-20-48-106(102)122(112)110-51-23-28-57-117(110)126(118-58-29-24-52-111(118)122)98-75-68-89(69-76-98)93-41-30-40-92(80-93)88-66-71-96(72-67-88)123(114-79-70-94(85-36-10-3-11-37-85)81-103(114)90-38-12-4-13-39-90)99-77-78-107-104(82-99)101-45-16-19-47-105(101)121(107)108-49-21-26-55-115(108)125(95-42-14-5-15-43-95)116-56-27-22-50-109(116)121/h1-82H. The van der Waals surface area contributed by atoms with Crippen molar-refractivity contribution in [2.75, 3.05) is 19.6 Å². The molecule has 0 N–H and O–H groups in total. The molecule has 0 aromatic heterocycles. The van der Waals surface area contributed by atoms with Gasteiger partial charge in [0.15, 0.2) is 0 Å². The van der Waals surface area contributed by atoms with Crippen molar-refractivity contribution in [1.82, 2.24) is 0 Å². The van der Waals surface area contributed by atoms with Crippen molar-refractivity contribution in [2.45, 2.75) is 10.8 Å².